The molecule has 0 N–H and O–H groups in total. The first-order valence-electron chi connectivity index (χ1n) is 14.3. The number of likely N-dealkylation sites (N-methyl/N-ethyl adjacent to an activating group) is 1. The molecule has 1 saturated carbocycles. The molecule has 1 aromatic rings. The van der Waals surface area contributed by atoms with E-state index in [2.05, 4.69) is 35.7 Å². The van der Waals surface area contributed by atoms with Crippen molar-refractivity contribution >= 4 is 23.3 Å². The summed E-state index contributed by atoms with van der Waals surface area (Å²) in [6.07, 6.45) is 19.3. The number of carbonyl (C=O) groups excluding carboxylic acids is 1. The molecule has 0 bridgehead atoms. The Labute approximate surface area is 217 Å². The van der Waals surface area contributed by atoms with Gasteiger partial charge in [0.15, 0.2) is 0 Å². The minimum atomic E-state index is -0.0549. The third-order valence-electron chi connectivity index (χ3n) is 7.44. The smallest absolute Gasteiger partial charge is 0.310 e. The van der Waals surface area contributed by atoms with Gasteiger partial charge in [0.1, 0.15) is 12.2 Å². The average molecular weight is 507 g/mol. The number of nitrogens with zero attached hydrogens (tertiary/aromatic N) is 3. The Morgan fingerprint density at radius 1 is 1.03 bits per heavy atom. The second-order valence-corrected chi connectivity index (χ2v) is 11.3. The Morgan fingerprint density at radius 3 is 2.43 bits per heavy atom. The second kappa shape index (κ2) is 14.9. The number of ether oxygens (including phenoxy) is 2. The normalized spacial score (nSPS) is 20.9. The summed E-state index contributed by atoms with van der Waals surface area (Å²) < 4.78 is 22.0. The van der Waals surface area contributed by atoms with Crippen molar-refractivity contribution in [1.29, 1.82) is 0 Å². The summed E-state index contributed by atoms with van der Waals surface area (Å²) in [6.45, 7) is 6.95. The van der Waals surface area contributed by atoms with Gasteiger partial charge in [0.2, 0.25) is 6.23 Å². The van der Waals surface area contributed by atoms with Crippen LogP contribution in [0.3, 0.4) is 0 Å². The van der Waals surface area contributed by atoms with Gasteiger partial charge < -0.3 is 9.47 Å². The fraction of sp³-hybridized carbons (Fsp3) is 0.821. The van der Waals surface area contributed by atoms with Gasteiger partial charge in [0.05, 0.1) is 31.9 Å². The Kier molecular flexibility index (Phi) is 12.0. The molecule has 1 aliphatic carbocycles. The van der Waals surface area contributed by atoms with Gasteiger partial charge >= 0.3 is 5.97 Å². The molecule has 1 fully saturated rings. The Morgan fingerprint density at radius 2 is 1.71 bits per heavy atom. The molecule has 2 atom stereocenters. The van der Waals surface area contributed by atoms with Gasteiger partial charge in [-0.25, -0.2) is 0 Å². The van der Waals surface area contributed by atoms with Gasteiger partial charge in [-0.2, -0.15) is 4.37 Å². The van der Waals surface area contributed by atoms with Gasteiger partial charge in [-0.05, 0) is 25.7 Å². The van der Waals surface area contributed by atoms with E-state index in [1.54, 1.807) is 0 Å². The third-order valence-corrected chi connectivity index (χ3v) is 7.95. The zero-order valence-corrected chi connectivity index (χ0v) is 23.3. The molecule has 2 heterocycles. The monoisotopic (exact) mass is 506 g/mol. The molecule has 0 aromatic carbocycles. The van der Waals surface area contributed by atoms with E-state index < -0.39 is 0 Å². The predicted molar refractivity (Wildman–Crippen MR) is 143 cm³/mol. The molecule has 35 heavy (non-hydrogen) atoms. The molecule has 1 aromatic heterocycles. The minimum Gasteiger partial charge on any atom is -0.475 e. The number of carbonyl (C=O) groups is 1. The molecule has 0 saturated heterocycles. The Bertz CT molecular complexity index is 792. The molecular weight excluding hydrogens is 458 g/mol. The van der Waals surface area contributed by atoms with Crippen LogP contribution in [-0.2, 0) is 9.53 Å². The molecule has 7 heteroatoms. The lowest BCUT2D eigenvalue weighted by atomic mass is 10.0. The van der Waals surface area contributed by atoms with E-state index in [9.17, 15) is 4.79 Å². The van der Waals surface area contributed by atoms with Crippen LogP contribution in [0.25, 0.3) is 5.57 Å². The average Bonchev–Trinajstić information content (AvgIpc) is 3.58. The predicted octanol–water partition coefficient (Wildman–Crippen LogP) is 7.15. The highest BCUT2D eigenvalue weighted by molar-refractivity contribution is 6.99. The summed E-state index contributed by atoms with van der Waals surface area (Å²) in [7, 11) is 2.25. The van der Waals surface area contributed by atoms with Crippen molar-refractivity contribution in [2.24, 2.45) is 5.92 Å². The standard InChI is InChI=1S/C28H48N3O3S/c1-4-6-8-10-11-12-13-17-25(32)34-28(23-18-19-23)31(3)20-15-16-24(22-31)26-27(30-35-29-26)33-21-14-9-7-5-2/h16,23,28H,4-15,17-22H2,1-3H3/q+1. The van der Waals surface area contributed by atoms with Crippen LogP contribution in [-0.4, -0.2) is 52.2 Å². The highest BCUT2D eigenvalue weighted by atomic mass is 32.1. The minimum absolute atomic E-state index is 0.0164. The van der Waals surface area contributed by atoms with E-state index in [1.807, 2.05) is 0 Å². The summed E-state index contributed by atoms with van der Waals surface area (Å²) in [6, 6.07) is 0. The van der Waals surface area contributed by atoms with Crippen LogP contribution in [0, 0.1) is 5.92 Å². The van der Waals surface area contributed by atoms with E-state index in [0.717, 1.165) is 61.8 Å². The second-order valence-electron chi connectivity index (χ2n) is 10.8. The van der Waals surface area contributed by atoms with Crippen molar-refractivity contribution in [2.75, 3.05) is 26.7 Å². The maximum atomic E-state index is 12.8. The lowest BCUT2D eigenvalue weighted by Gasteiger charge is -2.43. The highest BCUT2D eigenvalue weighted by Gasteiger charge is 2.48. The molecular formula is C28H48N3O3S+. The van der Waals surface area contributed by atoms with Crippen LogP contribution < -0.4 is 4.74 Å². The van der Waals surface area contributed by atoms with Crippen LogP contribution in [0.5, 0.6) is 5.88 Å². The third kappa shape index (κ3) is 9.16. The number of unbranched alkanes of at least 4 members (excludes halogenated alkanes) is 9. The zero-order valence-electron chi connectivity index (χ0n) is 22.4. The van der Waals surface area contributed by atoms with Crippen LogP contribution >= 0.6 is 11.7 Å². The summed E-state index contributed by atoms with van der Waals surface area (Å²) >= 11 is 1.23. The molecule has 0 radical (unpaired) electrons. The molecule has 3 rings (SSSR count). The molecule has 198 valence electrons. The maximum Gasteiger partial charge on any atom is 0.310 e. The first-order chi connectivity index (χ1) is 17.1. The van der Waals surface area contributed by atoms with E-state index in [0.29, 0.717) is 24.8 Å². The lowest BCUT2D eigenvalue weighted by molar-refractivity contribution is -0.949. The van der Waals surface area contributed by atoms with Crippen LogP contribution in [0.2, 0.25) is 0 Å². The molecule has 2 aliphatic rings. The van der Waals surface area contributed by atoms with Crippen LogP contribution in [0.1, 0.15) is 116 Å². The van der Waals surface area contributed by atoms with Crippen LogP contribution in [0.15, 0.2) is 6.08 Å². The van der Waals surface area contributed by atoms with Crippen molar-refractivity contribution in [3.63, 3.8) is 0 Å². The lowest BCUT2D eigenvalue weighted by Crippen LogP contribution is -2.57. The van der Waals surface area contributed by atoms with E-state index in [1.165, 1.54) is 68.7 Å². The van der Waals surface area contributed by atoms with Crippen molar-refractivity contribution < 1.29 is 18.8 Å². The zero-order chi connectivity index (χ0) is 24.9. The topological polar surface area (TPSA) is 61.3 Å². The first kappa shape index (κ1) is 28.1. The number of rotatable bonds is 18. The summed E-state index contributed by atoms with van der Waals surface area (Å²) in [5.74, 6) is 1.14. The number of esters is 1. The Hall–Kier alpha value is -1.47. The number of aromatic nitrogens is 2. The SMILES string of the molecule is CCCCCCCCCC(=O)OC(C1CC1)[N+]1(C)CCC=C(c2nsnc2OCCCCCC)C1. The fourth-order valence-corrected chi connectivity index (χ4v) is 5.69. The Balaban J connectivity index is 1.51. The molecule has 0 spiro atoms. The highest BCUT2D eigenvalue weighted by Crippen LogP contribution is 2.41. The molecule has 0 amide bonds. The van der Waals surface area contributed by atoms with Gasteiger partial charge in [0.25, 0.3) is 5.88 Å². The number of quaternary nitrogens is 1. The van der Waals surface area contributed by atoms with Crippen molar-refractivity contribution in [1.82, 2.24) is 8.75 Å². The van der Waals surface area contributed by atoms with E-state index in [-0.39, 0.29) is 12.2 Å². The van der Waals surface area contributed by atoms with Gasteiger partial charge in [-0.1, -0.05) is 77.7 Å². The van der Waals surface area contributed by atoms with Crippen molar-refractivity contribution in [3.8, 4) is 5.88 Å². The van der Waals surface area contributed by atoms with Gasteiger partial charge in [-0.3, -0.25) is 9.28 Å². The number of hydrogen-bond acceptors (Lipinski definition) is 6. The quantitative estimate of drug-likeness (QED) is 0.120. The largest absolute Gasteiger partial charge is 0.475 e. The fourth-order valence-electron chi connectivity index (χ4n) is 5.16. The molecule has 6 nitrogen and oxygen atoms in total. The van der Waals surface area contributed by atoms with E-state index >= 15 is 0 Å². The van der Waals surface area contributed by atoms with Crippen LogP contribution in [0.4, 0.5) is 0 Å². The van der Waals surface area contributed by atoms with Gasteiger partial charge in [0, 0.05) is 24.3 Å². The summed E-state index contributed by atoms with van der Waals surface area (Å²) in [5, 5.41) is 0. The molecule has 1 aliphatic heterocycles. The van der Waals surface area contributed by atoms with Gasteiger partial charge in [-0.15, -0.1) is 4.37 Å². The molecule has 2 unspecified atom stereocenters. The summed E-state index contributed by atoms with van der Waals surface area (Å²) in [4.78, 5) is 12.8. The van der Waals surface area contributed by atoms with Crippen molar-refractivity contribution in [3.05, 3.63) is 11.8 Å². The number of hydrogen-bond donors (Lipinski definition) is 0. The van der Waals surface area contributed by atoms with E-state index in [4.69, 9.17) is 9.47 Å². The summed E-state index contributed by atoms with van der Waals surface area (Å²) in [5.41, 5.74) is 2.07. The first-order valence-corrected chi connectivity index (χ1v) is 15.0. The maximum absolute atomic E-state index is 12.8. The van der Waals surface area contributed by atoms with Crippen molar-refractivity contribution in [2.45, 2.75) is 116 Å².